The third-order valence-electron chi connectivity index (χ3n) is 4.81. The molecule has 7 nitrogen and oxygen atoms in total. The zero-order valence-corrected chi connectivity index (χ0v) is 15.1. The molecule has 0 radical (unpaired) electrons. The van der Waals surface area contributed by atoms with Gasteiger partial charge in [-0.2, -0.15) is 9.64 Å². The van der Waals surface area contributed by atoms with Crippen LogP contribution in [0.3, 0.4) is 0 Å². The highest BCUT2D eigenvalue weighted by molar-refractivity contribution is 7.09. The Morgan fingerprint density at radius 2 is 2.12 bits per heavy atom. The molecule has 3 rings (SSSR count). The smallest absolute Gasteiger partial charge is 0.235 e. The number of nitrogens with zero attached hydrogens (tertiary/aromatic N) is 5. The molecular weight excluding hydrogens is 324 g/mol. The predicted molar refractivity (Wildman–Crippen MR) is 92.8 cm³/mol. The van der Waals surface area contributed by atoms with Crippen LogP contribution < -0.4 is 10.2 Å². The van der Waals surface area contributed by atoms with Gasteiger partial charge in [-0.1, -0.05) is 6.92 Å². The van der Waals surface area contributed by atoms with E-state index in [0.29, 0.717) is 12.5 Å². The molecule has 2 aliphatic rings. The number of carbonyl (C=O) groups is 1. The Hall–Kier alpha value is -1.72. The first-order valence-electron chi connectivity index (χ1n) is 8.56. The number of aryl methyl sites for hydroxylation is 1. The van der Waals surface area contributed by atoms with Gasteiger partial charge in [0.05, 0.1) is 12.6 Å². The summed E-state index contributed by atoms with van der Waals surface area (Å²) in [6, 6.07) is 2.27. The van der Waals surface area contributed by atoms with Gasteiger partial charge in [0.1, 0.15) is 11.4 Å². The molecule has 0 unspecified atom stereocenters. The minimum atomic E-state index is -0.706. The van der Waals surface area contributed by atoms with Crippen molar-refractivity contribution < 1.29 is 4.79 Å². The van der Waals surface area contributed by atoms with E-state index in [1.165, 1.54) is 11.5 Å². The van der Waals surface area contributed by atoms with E-state index in [0.717, 1.165) is 56.4 Å². The maximum Gasteiger partial charge on any atom is 0.235 e. The van der Waals surface area contributed by atoms with Gasteiger partial charge in [-0.3, -0.25) is 9.69 Å². The van der Waals surface area contributed by atoms with Crippen LogP contribution in [0, 0.1) is 17.2 Å². The monoisotopic (exact) mass is 348 g/mol. The SMILES string of the molecule is CCc1nsc(N2CCN(CC(=O)N[C@@](C)(C#N)C3CC3)CC2)n1. The van der Waals surface area contributed by atoms with Crippen LogP contribution in [0.4, 0.5) is 5.13 Å². The highest BCUT2D eigenvalue weighted by Gasteiger charge is 2.43. The van der Waals surface area contributed by atoms with Crippen LogP contribution in [0.1, 0.15) is 32.5 Å². The summed E-state index contributed by atoms with van der Waals surface area (Å²) in [6.07, 6.45) is 2.92. The number of nitriles is 1. The molecule has 2 heterocycles. The molecule has 0 aromatic carbocycles. The van der Waals surface area contributed by atoms with E-state index >= 15 is 0 Å². The van der Waals surface area contributed by atoms with Crippen molar-refractivity contribution in [3.63, 3.8) is 0 Å². The predicted octanol–water partition coefficient (Wildman–Crippen LogP) is 1.03. The number of hydrogen-bond donors (Lipinski definition) is 1. The molecule has 1 atom stereocenters. The van der Waals surface area contributed by atoms with E-state index in [1.807, 2.05) is 6.92 Å². The van der Waals surface area contributed by atoms with Crippen LogP contribution in [0.25, 0.3) is 0 Å². The molecular formula is C16H24N6OS. The number of hydrogen-bond acceptors (Lipinski definition) is 7. The standard InChI is InChI=1S/C16H24N6OS/c1-3-13-18-15(24-20-13)22-8-6-21(7-9-22)10-14(23)19-16(2,11-17)12-4-5-12/h12H,3-10H2,1-2H3,(H,19,23)/t16-/m0/s1. The van der Waals surface area contributed by atoms with Crippen LogP contribution >= 0.6 is 11.5 Å². The van der Waals surface area contributed by atoms with Crippen LogP contribution in [-0.2, 0) is 11.2 Å². The minimum absolute atomic E-state index is 0.0522. The molecule has 1 aromatic heterocycles. The summed E-state index contributed by atoms with van der Waals surface area (Å²) in [6.45, 7) is 7.59. The quantitative estimate of drug-likeness (QED) is 0.826. The summed E-state index contributed by atoms with van der Waals surface area (Å²) in [5.41, 5.74) is -0.706. The summed E-state index contributed by atoms with van der Waals surface area (Å²) < 4.78 is 4.33. The lowest BCUT2D eigenvalue weighted by Gasteiger charge is -2.34. The topological polar surface area (TPSA) is 85.2 Å². The lowest BCUT2D eigenvalue weighted by molar-refractivity contribution is -0.123. The molecule has 1 aliphatic heterocycles. The number of aromatic nitrogens is 2. The van der Waals surface area contributed by atoms with Gasteiger partial charge in [0.15, 0.2) is 0 Å². The number of anilines is 1. The molecule has 1 aliphatic carbocycles. The van der Waals surface area contributed by atoms with Crippen molar-refractivity contribution in [3.05, 3.63) is 5.82 Å². The molecule has 1 saturated heterocycles. The summed E-state index contributed by atoms with van der Waals surface area (Å²) in [5.74, 6) is 1.16. The van der Waals surface area contributed by atoms with Crippen molar-refractivity contribution in [1.29, 1.82) is 5.26 Å². The van der Waals surface area contributed by atoms with Gasteiger partial charge in [0.25, 0.3) is 0 Å². The third-order valence-corrected chi connectivity index (χ3v) is 5.62. The Labute approximate surface area is 146 Å². The highest BCUT2D eigenvalue weighted by Crippen LogP contribution is 2.39. The zero-order valence-electron chi connectivity index (χ0n) is 14.3. The Morgan fingerprint density at radius 3 is 2.67 bits per heavy atom. The number of piperazine rings is 1. The Morgan fingerprint density at radius 1 is 1.42 bits per heavy atom. The van der Waals surface area contributed by atoms with Crippen molar-refractivity contribution in [2.45, 2.75) is 38.6 Å². The van der Waals surface area contributed by atoms with Crippen molar-refractivity contribution in [3.8, 4) is 6.07 Å². The summed E-state index contributed by atoms with van der Waals surface area (Å²) >= 11 is 1.45. The van der Waals surface area contributed by atoms with Crippen molar-refractivity contribution in [2.24, 2.45) is 5.92 Å². The number of carbonyl (C=O) groups excluding carboxylic acids is 1. The second kappa shape index (κ2) is 7.03. The average molecular weight is 348 g/mol. The van der Waals surface area contributed by atoms with Gasteiger partial charge in [0, 0.05) is 44.1 Å². The molecule has 1 amide bonds. The van der Waals surface area contributed by atoms with Gasteiger partial charge in [0.2, 0.25) is 11.0 Å². The lowest BCUT2D eigenvalue weighted by atomic mass is 9.98. The van der Waals surface area contributed by atoms with Crippen LogP contribution in [0.15, 0.2) is 0 Å². The summed E-state index contributed by atoms with van der Waals surface area (Å²) in [5, 5.41) is 13.2. The number of rotatable bonds is 6. The molecule has 24 heavy (non-hydrogen) atoms. The van der Waals surface area contributed by atoms with E-state index in [9.17, 15) is 10.1 Å². The molecule has 130 valence electrons. The summed E-state index contributed by atoms with van der Waals surface area (Å²) in [4.78, 5) is 21.2. The van der Waals surface area contributed by atoms with E-state index in [1.54, 1.807) is 0 Å². The van der Waals surface area contributed by atoms with E-state index in [-0.39, 0.29) is 5.91 Å². The van der Waals surface area contributed by atoms with Gasteiger partial charge >= 0.3 is 0 Å². The van der Waals surface area contributed by atoms with Crippen LogP contribution in [0.2, 0.25) is 0 Å². The van der Waals surface area contributed by atoms with Gasteiger partial charge in [-0.25, -0.2) is 4.98 Å². The Balaban J connectivity index is 1.46. The van der Waals surface area contributed by atoms with E-state index < -0.39 is 5.54 Å². The lowest BCUT2D eigenvalue weighted by Crippen LogP contribution is -2.53. The van der Waals surface area contributed by atoms with Crippen molar-refractivity contribution in [2.75, 3.05) is 37.6 Å². The first-order valence-corrected chi connectivity index (χ1v) is 9.33. The van der Waals surface area contributed by atoms with E-state index in [4.69, 9.17) is 0 Å². The zero-order chi connectivity index (χ0) is 17.2. The maximum atomic E-state index is 12.3. The fourth-order valence-corrected chi connectivity index (χ4v) is 3.83. The Kier molecular flexibility index (Phi) is 5.01. The molecule has 1 aromatic rings. The fourth-order valence-electron chi connectivity index (χ4n) is 3.03. The second-order valence-electron chi connectivity index (χ2n) is 6.75. The maximum absolute atomic E-state index is 12.3. The molecule has 8 heteroatoms. The average Bonchev–Trinajstić information content (AvgIpc) is 3.34. The minimum Gasteiger partial charge on any atom is -0.344 e. The molecule has 2 fully saturated rings. The van der Waals surface area contributed by atoms with Crippen molar-refractivity contribution in [1.82, 2.24) is 19.6 Å². The summed E-state index contributed by atoms with van der Waals surface area (Å²) in [7, 11) is 0. The molecule has 0 spiro atoms. The molecule has 1 N–H and O–H groups in total. The van der Waals surface area contributed by atoms with Gasteiger partial charge < -0.3 is 10.2 Å². The van der Waals surface area contributed by atoms with E-state index in [2.05, 4.69) is 37.5 Å². The van der Waals surface area contributed by atoms with Gasteiger partial charge in [-0.05, 0) is 25.7 Å². The third kappa shape index (κ3) is 3.84. The second-order valence-corrected chi connectivity index (χ2v) is 7.48. The van der Waals surface area contributed by atoms with Crippen LogP contribution in [0.5, 0.6) is 0 Å². The number of nitrogens with one attached hydrogen (secondary N) is 1. The fraction of sp³-hybridized carbons (Fsp3) is 0.750. The normalized spacial score (nSPS) is 21.1. The molecule has 1 saturated carbocycles. The van der Waals surface area contributed by atoms with Crippen LogP contribution in [-0.4, -0.2) is 58.4 Å². The largest absolute Gasteiger partial charge is 0.344 e. The first-order chi connectivity index (χ1) is 11.5. The van der Waals surface area contributed by atoms with Gasteiger partial charge in [-0.15, -0.1) is 0 Å². The van der Waals surface area contributed by atoms with Crippen molar-refractivity contribution >= 4 is 22.6 Å². The highest BCUT2D eigenvalue weighted by atomic mass is 32.1. The number of amides is 1. The Bertz CT molecular complexity index is 629. The molecule has 0 bridgehead atoms. The first kappa shape index (κ1) is 17.1.